The van der Waals surface area contributed by atoms with Crippen LogP contribution in [0.1, 0.15) is 30.5 Å². The number of methoxy groups -OCH3 is 1. The largest absolute Gasteiger partial charge is 0.494 e. The van der Waals surface area contributed by atoms with Crippen LogP contribution in [0.3, 0.4) is 0 Å². The van der Waals surface area contributed by atoms with Crippen LogP contribution < -0.4 is 15.4 Å². The molecule has 3 nitrogen and oxygen atoms in total. The lowest BCUT2D eigenvalue weighted by Crippen LogP contribution is -2.44. The summed E-state index contributed by atoms with van der Waals surface area (Å²) in [5.74, 6) is 0.958. The van der Waals surface area contributed by atoms with Gasteiger partial charge in [0.2, 0.25) is 0 Å². The molecule has 0 fully saturated rings. The maximum atomic E-state index is 6.10. The van der Waals surface area contributed by atoms with Gasteiger partial charge in [0.1, 0.15) is 5.75 Å². The number of aryl methyl sites for hydroxylation is 2. The van der Waals surface area contributed by atoms with E-state index in [9.17, 15) is 0 Å². The van der Waals surface area contributed by atoms with E-state index < -0.39 is 0 Å². The summed E-state index contributed by atoms with van der Waals surface area (Å²) in [7, 11) is 3.79. The fraction of sp³-hybridized carbons (Fsp3) is 0.600. The van der Waals surface area contributed by atoms with Gasteiger partial charge < -0.3 is 15.4 Å². The molecular formula is C15H26N2O. The predicted octanol–water partition coefficient (Wildman–Crippen LogP) is 2.79. The number of likely N-dealkylation sites (N-methyl/N-ethyl adjacent to an activating group) is 1. The summed E-state index contributed by atoms with van der Waals surface area (Å²) in [6.45, 7) is 11.2. The lowest BCUT2D eigenvalue weighted by atomic mass is 10.0. The first kappa shape index (κ1) is 14.8. The molecule has 1 aromatic carbocycles. The standard InChI is InChI=1S/C15H26N2O/c1-10-8-11(2)13(14(18-7)12(10)3)17(6)9-15(4,5)16/h8H,9,16H2,1-7H3. The van der Waals surface area contributed by atoms with Crippen LogP contribution >= 0.6 is 0 Å². The van der Waals surface area contributed by atoms with Gasteiger partial charge in [-0.1, -0.05) is 6.07 Å². The third-order valence-corrected chi connectivity index (χ3v) is 3.18. The van der Waals surface area contributed by atoms with E-state index in [0.717, 1.165) is 18.0 Å². The van der Waals surface area contributed by atoms with Gasteiger partial charge in [-0.05, 0) is 51.3 Å². The van der Waals surface area contributed by atoms with E-state index in [-0.39, 0.29) is 5.54 Å². The Kier molecular flexibility index (Phi) is 4.28. The Morgan fingerprint density at radius 3 is 2.22 bits per heavy atom. The summed E-state index contributed by atoms with van der Waals surface area (Å²) in [6, 6.07) is 2.20. The number of ether oxygens (including phenoxy) is 1. The van der Waals surface area contributed by atoms with Crippen LogP contribution in [0.25, 0.3) is 0 Å². The molecule has 0 amide bonds. The summed E-state index contributed by atoms with van der Waals surface area (Å²) in [6.07, 6.45) is 0. The molecule has 2 N–H and O–H groups in total. The van der Waals surface area contributed by atoms with Gasteiger partial charge >= 0.3 is 0 Å². The van der Waals surface area contributed by atoms with Crippen molar-refractivity contribution >= 4 is 5.69 Å². The maximum Gasteiger partial charge on any atom is 0.145 e. The Bertz CT molecular complexity index is 433. The Morgan fingerprint density at radius 1 is 1.22 bits per heavy atom. The minimum absolute atomic E-state index is 0.231. The Labute approximate surface area is 111 Å². The van der Waals surface area contributed by atoms with Crippen molar-refractivity contribution < 1.29 is 4.74 Å². The van der Waals surface area contributed by atoms with Crippen molar-refractivity contribution in [2.24, 2.45) is 5.73 Å². The van der Waals surface area contributed by atoms with E-state index in [1.807, 2.05) is 13.8 Å². The van der Waals surface area contributed by atoms with Crippen LogP contribution in [-0.2, 0) is 0 Å². The SMILES string of the molecule is COc1c(C)c(C)cc(C)c1N(C)CC(C)(C)N. The zero-order valence-electron chi connectivity index (χ0n) is 12.7. The van der Waals surface area contributed by atoms with Crippen LogP contribution in [-0.4, -0.2) is 26.2 Å². The lowest BCUT2D eigenvalue weighted by Gasteiger charge is -2.31. The predicted molar refractivity (Wildman–Crippen MR) is 78.7 cm³/mol. The second-order valence-corrected chi connectivity index (χ2v) is 5.86. The van der Waals surface area contributed by atoms with Crippen molar-refractivity contribution in [3.63, 3.8) is 0 Å². The van der Waals surface area contributed by atoms with Gasteiger partial charge in [0.25, 0.3) is 0 Å². The number of hydrogen-bond donors (Lipinski definition) is 1. The third-order valence-electron chi connectivity index (χ3n) is 3.18. The molecule has 0 heterocycles. The summed E-state index contributed by atoms with van der Waals surface area (Å²) in [5.41, 5.74) is 10.7. The fourth-order valence-electron chi connectivity index (χ4n) is 2.45. The molecule has 0 aromatic heterocycles. The van der Waals surface area contributed by atoms with Crippen molar-refractivity contribution in [1.82, 2.24) is 0 Å². The number of nitrogens with two attached hydrogens (primary N) is 1. The van der Waals surface area contributed by atoms with Crippen LogP contribution in [0.15, 0.2) is 6.07 Å². The highest BCUT2D eigenvalue weighted by atomic mass is 16.5. The van der Waals surface area contributed by atoms with Crippen molar-refractivity contribution in [2.75, 3.05) is 25.6 Å². The molecule has 0 atom stereocenters. The van der Waals surface area contributed by atoms with Gasteiger partial charge in [-0.25, -0.2) is 0 Å². The average molecular weight is 250 g/mol. The smallest absolute Gasteiger partial charge is 0.145 e. The minimum Gasteiger partial charge on any atom is -0.494 e. The van der Waals surface area contributed by atoms with Crippen LogP contribution in [0.2, 0.25) is 0 Å². The summed E-state index contributed by atoms with van der Waals surface area (Å²) >= 11 is 0. The molecule has 0 bridgehead atoms. The molecule has 0 aliphatic heterocycles. The third kappa shape index (κ3) is 3.16. The van der Waals surface area contributed by atoms with Gasteiger partial charge in [-0.2, -0.15) is 0 Å². The van der Waals surface area contributed by atoms with Crippen LogP contribution in [0.4, 0.5) is 5.69 Å². The first-order chi connectivity index (χ1) is 8.17. The van der Waals surface area contributed by atoms with Crippen LogP contribution in [0, 0.1) is 20.8 Å². The van der Waals surface area contributed by atoms with E-state index in [1.165, 1.54) is 16.7 Å². The van der Waals surface area contributed by atoms with Gasteiger partial charge in [0.15, 0.2) is 0 Å². The molecule has 3 heteroatoms. The zero-order chi connectivity index (χ0) is 14.1. The molecule has 102 valence electrons. The highest BCUT2D eigenvalue weighted by Gasteiger charge is 2.20. The highest BCUT2D eigenvalue weighted by Crippen LogP contribution is 2.36. The fourth-order valence-corrected chi connectivity index (χ4v) is 2.45. The molecule has 0 unspecified atom stereocenters. The Balaban J connectivity index is 3.27. The Morgan fingerprint density at radius 2 is 1.78 bits per heavy atom. The van der Waals surface area contributed by atoms with Gasteiger partial charge in [0, 0.05) is 19.1 Å². The molecule has 0 aliphatic carbocycles. The molecule has 1 rings (SSSR count). The Hall–Kier alpha value is -1.22. The molecule has 18 heavy (non-hydrogen) atoms. The maximum absolute atomic E-state index is 6.10. The summed E-state index contributed by atoms with van der Waals surface area (Å²) in [4.78, 5) is 2.18. The van der Waals surface area contributed by atoms with Gasteiger partial charge in [0.05, 0.1) is 12.8 Å². The minimum atomic E-state index is -0.231. The monoisotopic (exact) mass is 250 g/mol. The van der Waals surface area contributed by atoms with E-state index in [4.69, 9.17) is 10.5 Å². The van der Waals surface area contributed by atoms with E-state index in [1.54, 1.807) is 7.11 Å². The van der Waals surface area contributed by atoms with E-state index in [0.29, 0.717) is 0 Å². The molecular weight excluding hydrogens is 224 g/mol. The quantitative estimate of drug-likeness (QED) is 0.893. The number of anilines is 1. The second-order valence-electron chi connectivity index (χ2n) is 5.86. The van der Waals surface area contributed by atoms with Crippen molar-refractivity contribution in [3.05, 3.63) is 22.8 Å². The summed E-state index contributed by atoms with van der Waals surface area (Å²) < 4.78 is 5.59. The van der Waals surface area contributed by atoms with Crippen LogP contribution in [0.5, 0.6) is 5.75 Å². The first-order valence-corrected chi connectivity index (χ1v) is 6.32. The lowest BCUT2D eigenvalue weighted by molar-refractivity contribution is 0.409. The van der Waals surface area contributed by atoms with Crippen molar-refractivity contribution in [3.8, 4) is 5.75 Å². The molecule has 1 aromatic rings. The number of benzene rings is 1. The topological polar surface area (TPSA) is 38.5 Å². The number of hydrogen-bond acceptors (Lipinski definition) is 3. The van der Waals surface area contributed by atoms with E-state index in [2.05, 4.69) is 38.8 Å². The molecule has 0 aliphatic rings. The molecule has 0 saturated heterocycles. The normalized spacial score (nSPS) is 11.6. The highest BCUT2D eigenvalue weighted by molar-refractivity contribution is 5.68. The van der Waals surface area contributed by atoms with Gasteiger partial charge in [-0.15, -0.1) is 0 Å². The summed E-state index contributed by atoms with van der Waals surface area (Å²) in [5, 5.41) is 0. The van der Waals surface area contributed by atoms with Crippen molar-refractivity contribution in [1.29, 1.82) is 0 Å². The molecule has 0 saturated carbocycles. The average Bonchev–Trinajstić information content (AvgIpc) is 2.19. The van der Waals surface area contributed by atoms with Gasteiger partial charge in [-0.3, -0.25) is 0 Å². The molecule has 0 spiro atoms. The van der Waals surface area contributed by atoms with E-state index >= 15 is 0 Å². The zero-order valence-corrected chi connectivity index (χ0v) is 12.7. The second kappa shape index (κ2) is 5.19. The first-order valence-electron chi connectivity index (χ1n) is 6.32. The number of rotatable bonds is 4. The van der Waals surface area contributed by atoms with Crippen molar-refractivity contribution in [2.45, 2.75) is 40.2 Å². The molecule has 0 radical (unpaired) electrons. The number of nitrogens with zero attached hydrogens (tertiary/aromatic N) is 1.